The average Bonchev–Trinajstić information content (AvgIpc) is 2.58. The summed E-state index contributed by atoms with van der Waals surface area (Å²) in [7, 11) is 0. The molecule has 2 N–H and O–H groups in total. The van der Waals surface area contributed by atoms with Crippen molar-refractivity contribution in [1.29, 1.82) is 0 Å². The monoisotopic (exact) mass is 259 g/mol. The first-order valence-corrected chi connectivity index (χ1v) is 5.69. The average molecular weight is 260 g/mol. The summed E-state index contributed by atoms with van der Waals surface area (Å²) in [5.74, 6) is -0.297. The van der Waals surface area contributed by atoms with Crippen LogP contribution < -0.4 is 5.32 Å². The van der Waals surface area contributed by atoms with Crippen LogP contribution in [0.1, 0.15) is 38.4 Å². The molecule has 1 aliphatic heterocycles. The Morgan fingerprint density at radius 1 is 1.47 bits per heavy atom. The zero-order valence-electron chi connectivity index (χ0n) is 10.1. The molecule has 0 aromatic heterocycles. The summed E-state index contributed by atoms with van der Waals surface area (Å²) in [6.07, 6.45) is 1.33. The maximum absolute atomic E-state index is 13.0. The molecule has 0 bridgehead atoms. The second-order valence-corrected chi connectivity index (χ2v) is 5.17. The predicted molar refractivity (Wildman–Crippen MR) is 68.8 cm³/mol. The summed E-state index contributed by atoms with van der Waals surface area (Å²) in [5, 5.41) is 13.5. The van der Waals surface area contributed by atoms with Gasteiger partial charge in [0.25, 0.3) is 0 Å². The minimum Gasteiger partial charge on any atom is -0.387 e. The van der Waals surface area contributed by atoms with Crippen LogP contribution in [0.3, 0.4) is 0 Å². The number of nitrogens with one attached hydrogen (secondary N) is 1. The molecule has 0 aliphatic carbocycles. The quantitative estimate of drug-likeness (QED) is 0.856. The molecule has 0 unspecified atom stereocenters. The first kappa shape index (κ1) is 14.4. The van der Waals surface area contributed by atoms with Crippen LogP contribution in [0.4, 0.5) is 4.39 Å². The second-order valence-electron chi connectivity index (χ2n) is 5.17. The van der Waals surface area contributed by atoms with Crippen molar-refractivity contribution >= 4 is 12.4 Å². The highest BCUT2D eigenvalue weighted by molar-refractivity contribution is 5.85. The minimum atomic E-state index is -0.627. The highest BCUT2D eigenvalue weighted by Crippen LogP contribution is 2.30. The SMILES string of the molecule is CC1(C)CC[C@@H]([C@H](O)c2cccc(F)c2)N1.Cl. The van der Waals surface area contributed by atoms with E-state index in [0.29, 0.717) is 5.56 Å². The standard InChI is InChI=1S/C13H18FNO.ClH/c1-13(2)7-6-11(15-13)12(16)9-4-3-5-10(14)8-9;/h3-5,8,11-12,15-16H,6-7H2,1-2H3;1H/t11-,12+;/m0./s1. The molecule has 0 saturated carbocycles. The third-order valence-corrected chi connectivity index (χ3v) is 3.23. The number of rotatable bonds is 2. The summed E-state index contributed by atoms with van der Waals surface area (Å²) in [6.45, 7) is 4.23. The van der Waals surface area contributed by atoms with Crippen LogP contribution in [0.25, 0.3) is 0 Å². The van der Waals surface area contributed by atoms with Crippen molar-refractivity contribution in [2.75, 3.05) is 0 Å². The topological polar surface area (TPSA) is 32.3 Å². The van der Waals surface area contributed by atoms with Crippen molar-refractivity contribution < 1.29 is 9.50 Å². The number of benzene rings is 1. The fourth-order valence-electron chi connectivity index (χ4n) is 2.32. The van der Waals surface area contributed by atoms with Gasteiger partial charge in [-0.2, -0.15) is 0 Å². The fraction of sp³-hybridized carbons (Fsp3) is 0.538. The van der Waals surface area contributed by atoms with Gasteiger partial charge in [-0.3, -0.25) is 0 Å². The normalized spacial score (nSPS) is 24.1. The van der Waals surface area contributed by atoms with Gasteiger partial charge in [0.2, 0.25) is 0 Å². The molecule has 2 rings (SSSR count). The van der Waals surface area contributed by atoms with Crippen molar-refractivity contribution in [2.24, 2.45) is 0 Å². The number of hydrogen-bond acceptors (Lipinski definition) is 2. The Kier molecular flexibility index (Phi) is 4.53. The maximum Gasteiger partial charge on any atom is 0.123 e. The van der Waals surface area contributed by atoms with Crippen LogP contribution in [0, 0.1) is 5.82 Å². The molecule has 0 spiro atoms. The van der Waals surface area contributed by atoms with Crippen molar-refractivity contribution in [3.63, 3.8) is 0 Å². The number of aliphatic hydroxyl groups excluding tert-OH is 1. The lowest BCUT2D eigenvalue weighted by Gasteiger charge is -2.23. The van der Waals surface area contributed by atoms with E-state index >= 15 is 0 Å². The van der Waals surface area contributed by atoms with E-state index < -0.39 is 6.10 Å². The van der Waals surface area contributed by atoms with Crippen molar-refractivity contribution in [3.05, 3.63) is 35.6 Å². The van der Waals surface area contributed by atoms with Crippen LogP contribution in [-0.2, 0) is 0 Å². The number of halogens is 2. The molecule has 17 heavy (non-hydrogen) atoms. The van der Waals surface area contributed by atoms with Crippen LogP contribution in [-0.4, -0.2) is 16.7 Å². The molecular formula is C13H19ClFNO. The van der Waals surface area contributed by atoms with E-state index in [2.05, 4.69) is 19.2 Å². The lowest BCUT2D eigenvalue weighted by Crippen LogP contribution is -2.40. The molecule has 4 heteroatoms. The van der Waals surface area contributed by atoms with Gasteiger partial charge < -0.3 is 10.4 Å². The number of hydrogen-bond donors (Lipinski definition) is 2. The molecule has 0 amide bonds. The van der Waals surface area contributed by atoms with Gasteiger partial charge in [-0.1, -0.05) is 12.1 Å². The Morgan fingerprint density at radius 2 is 2.18 bits per heavy atom. The van der Waals surface area contributed by atoms with Gasteiger partial charge >= 0.3 is 0 Å². The second kappa shape index (κ2) is 5.34. The third-order valence-electron chi connectivity index (χ3n) is 3.23. The molecule has 1 fully saturated rings. The molecule has 0 radical (unpaired) electrons. The molecule has 1 saturated heterocycles. The Morgan fingerprint density at radius 3 is 2.71 bits per heavy atom. The van der Waals surface area contributed by atoms with Gasteiger partial charge in [-0.05, 0) is 44.4 Å². The van der Waals surface area contributed by atoms with Gasteiger partial charge in [-0.15, -0.1) is 12.4 Å². The van der Waals surface area contributed by atoms with Crippen LogP contribution in [0.15, 0.2) is 24.3 Å². The first-order valence-electron chi connectivity index (χ1n) is 5.69. The highest BCUT2D eigenvalue weighted by Gasteiger charge is 2.34. The molecule has 1 aliphatic rings. The predicted octanol–water partition coefficient (Wildman–Crippen LogP) is 2.81. The molecule has 1 aromatic rings. The Hall–Kier alpha value is -0.640. The Bertz CT molecular complexity index is 383. The fourth-order valence-corrected chi connectivity index (χ4v) is 2.32. The van der Waals surface area contributed by atoms with Gasteiger partial charge in [0, 0.05) is 11.6 Å². The maximum atomic E-state index is 13.0. The first-order chi connectivity index (χ1) is 7.48. The van der Waals surface area contributed by atoms with Gasteiger partial charge in [-0.25, -0.2) is 4.39 Å². The summed E-state index contributed by atoms with van der Waals surface area (Å²) < 4.78 is 13.0. The van der Waals surface area contributed by atoms with Crippen LogP contribution in [0.5, 0.6) is 0 Å². The van der Waals surface area contributed by atoms with Crippen molar-refractivity contribution in [2.45, 2.75) is 44.4 Å². The van der Waals surface area contributed by atoms with E-state index in [1.165, 1.54) is 12.1 Å². The van der Waals surface area contributed by atoms with Gasteiger partial charge in [0.05, 0.1) is 6.10 Å². The molecule has 2 nitrogen and oxygen atoms in total. The molecular weight excluding hydrogens is 241 g/mol. The van der Waals surface area contributed by atoms with E-state index in [-0.39, 0.29) is 29.8 Å². The molecule has 2 atom stereocenters. The molecule has 96 valence electrons. The van der Waals surface area contributed by atoms with Crippen molar-refractivity contribution in [3.8, 4) is 0 Å². The zero-order chi connectivity index (χ0) is 11.8. The lowest BCUT2D eigenvalue weighted by atomic mass is 10.00. The highest BCUT2D eigenvalue weighted by atomic mass is 35.5. The minimum absolute atomic E-state index is 0. The summed E-state index contributed by atoms with van der Waals surface area (Å²) in [5.41, 5.74) is 0.717. The molecule has 1 aromatic carbocycles. The van der Waals surface area contributed by atoms with E-state index in [4.69, 9.17) is 0 Å². The third kappa shape index (κ3) is 3.41. The summed E-state index contributed by atoms with van der Waals surface area (Å²) in [4.78, 5) is 0. The van der Waals surface area contributed by atoms with Crippen LogP contribution in [0.2, 0.25) is 0 Å². The van der Waals surface area contributed by atoms with E-state index in [9.17, 15) is 9.50 Å². The Balaban J connectivity index is 0.00000144. The van der Waals surface area contributed by atoms with Crippen LogP contribution >= 0.6 is 12.4 Å². The van der Waals surface area contributed by atoms with Gasteiger partial charge in [0.1, 0.15) is 5.82 Å². The number of aliphatic hydroxyl groups is 1. The summed E-state index contributed by atoms with van der Waals surface area (Å²) >= 11 is 0. The zero-order valence-corrected chi connectivity index (χ0v) is 10.9. The van der Waals surface area contributed by atoms with E-state index in [0.717, 1.165) is 12.8 Å². The molecule has 1 heterocycles. The van der Waals surface area contributed by atoms with E-state index in [1.54, 1.807) is 12.1 Å². The van der Waals surface area contributed by atoms with E-state index in [1.807, 2.05) is 0 Å². The summed E-state index contributed by atoms with van der Waals surface area (Å²) in [6, 6.07) is 6.21. The van der Waals surface area contributed by atoms with Gasteiger partial charge in [0.15, 0.2) is 0 Å². The van der Waals surface area contributed by atoms with Crippen molar-refractivity contribution in [1.82, 2.24) is 5.32 Å². The smallest absolute Gasteiger partial charge is 0.123 e. The Labute approximate surface area is 108 Å². The lowest BCUT2D eigenvalue weighted by molar-refractivity contribution is 0.131. The largest absolute Gasteiger partial charge is 0.387 e.